The Morgan fingerprint density at radius 1 is 1.00 bits per heavy atom. The van der Waals surface area contributed by atoms with Crippen LogP contribution < -0.4 is 15.1 Å². The van der Waals surface area contributed by atoms with Crippen molar-refractivity contribution >= 4 is 16.9 Å². The van der Waals surface area contributed by atoms with Crippen LogP contribution in [0.5, 0.6) is 11.5 Å². The van der Waals surface area contributed by atoms with Crippen molar-refractivity contribution in [1.29, 1.82) is 0 Å². The van der Waals surface area contributed by atoms with Crippen molar-refractivity contribution in [3.8, 4) is 22.6 Å². The van der Waals surface area contributed by atoms with E-state index in [2.05, 4.69) is 4.74 Å². The molecule has 2 aromatic carbocycles. The maximum atomic E-state index is 12.4. The number of carbonyl (C=O) groups excluding carboxylic acids is 1. The SMILES string of the molecule is COC(=O)[C@H](C)Oc1ccc2cc(-c3ccc(OC)cc3)c(=O)oc2c1. The third-order valence-corrected chi connectivity index (χ3v) is 3.95. The lowest BCUT2D eigenvalue weighted by molar-refractivity contribution is -0.147. The molecule has 134 valence electrons. The zero-order valence-corrected chi connectivity index (χ0v) is 14.6. The van der Waals surface area contributed by atoms with Gasteiger partial charge in [0.15, 0.2) is 6.10 Å². The highest BCUT2D eigenvalue weighted by molar-refractivity contribution is 5.83. The minimum atomic E-state index is -0.761. The van der Waals surface area contributed by atoms with Gasteiger partial charge in [-0.15, -0.1) is 0 Å². The Morgan fingerprint density at radius 3 is 2.35 bits per heavy atom. The van der Waals surface area contributed by atoms with Gasteiger partial charge in [0.2, 0.25) is 0 Å². The topological polar surface area (TPSA) is 75.0 Å². The predicted molar refractivity (Wildman–Crippen MR) is 96.6 cm³/mol. The van der Waals surface area contributed by atoms with Gasteiger partial charge in [-0.1, -0.05) is 12.1 Å². The first kappa shape index (κ1) is 17.5. The molecule has 0 aliphatic carbocycles. The zero-order valence-electron chi connectivity index (χ0n) is 14.6. The van der Waals surface area contributed by atoms with Crippen molar-refractivity contribution in [2.45, 2.75) is 13.0 Å². The lowest BCUT2D eigenvalue weighted by Gasteiger charge is -2.12. The fourth-order valence-corrected chi connectivity index (χ4v) is 2.55. The summed E-state index contributed by atoms with van der Waals surface area (Å²) in [6, 6.07) is 14.0. The van der Waals surface area contributed by atoms with Gasteiger partial charge < -0.3 is 18.6 Å². The molecule has 0 radical (unpaired) electrons. The fraction of sp³-hybridized carbons (Fsp3) is 0.200. The van der Waals surface area contributed by atoms with Crippen LogP contribution in [0.2, 0.25) is 0 Å². The minimum Gasteiger partial charge on any atom is -0.497 e. The number of rotatable bonds is 5. The normalized spacial score (nSPS) is 11.8. The number of hydrogen-bond acceptors (Lipinski definition) is 6. The number of hydrogen-bond donors (Lipinski definition) is 0. The van der Waals surface area contributed by atoms with E-state index < -0.39 is 17.7 Å². The van der Waals surface area contributed by atoms with Gasteiger partial charge in [-0.25, -0.2) is 9.59 Å². The van der Waals surface area contributed by atoms with Gasteiger partial charge >= 0.3 is 11.6 Å². The summed E-state index contributed by atoms with van der Waals surface area (Å²) >= 11 is 0. The zero-order chi connectivity index (χ0) is 18.7. The quantitative estimate of drug-likeness (QED) is 0.516. The van der Waals surface area contributed by atoms with Crippen LogP contribution in [0.25, 0.3) is 22.1 Å². The van der Waals surface area contributed by atoms with Crippen LogP contribution in [0, 0.1) is 0 Å². The first-order valence-electron chi connectivity index (χ1n) is 7.98. The van der Waals surface area contributed by atoms with E-state index >= 15 is 0 Å². The Morgan fingerprint density at radius 2 is 1.69 bits per heavy atom. The summed E-state index contributed by atoms with van der Waals surface area (Å²) in [5, 5.41) is 0.744. The summed E-state index contributed by atoms with van der Waals surface area (Å²) in [5.74, 6) is 0.637. The second kappa shape index (κ2) is 7.31. The highest BCUT2D eigenvalue weighted by Crippen LogP contribution is 2.26. The smallest absolute Gasteiger partial charge is 0.346 e. The van der Waals surface area contributed by atoms with E-state index in [1.54, 1.807) is 62.6 Å². The van der Waals surface area contributed by atoms with Crippen molar-refractivity contribution in [3.63, 3.8) is 0 Å². The Hall–Kier alpha value is -3.28. The van der Waals surface area contributed by atoms with Gasteiger partial charge in [0.05, 0.1) is 19.8 Å². The van der Waals surface area contributed by atoms with Crippen molar-refractivity contribution in [3.05, 3.63) is 59.0 Å². The van der Waals surface area contributed by atoms with Crippen LogP contribution in [0.3, 0.4) is 0 Å². The number of carbonyl (C=O) groups is 1. The molecule has 6 nitrogen and oxygen atoms in total. The molecule has 26 heavy (non-hydrogen) atoms. The molecule has 0 amide bonds. The lowest BCUT2D eigenvalue weighted by atomic mass is 10.1. The molecule has 0 bridgehead atoms. The predicted octanol–water partition coefficient (Wildman–Crippen LogP) is 3.41. The number of methoxy groups -OCH3 is 2. The molecule has 0 saturated carbocycles. The summed E-state index contributed by atoms with van der Waals surface area (Å²) in [6.45, 7) is 1.58. The Kier molecular flexibility index (Phi) is 4.93. The molecule has 1 aromatic heterocycles. The summed E-state index contributed by atoms with van der Waals surface area (Å²) in [5.41, 5.74) is 1.11. The van der Waals surface area contributed by atoms with E-state index in [0.717, 1.165) is 10.9 Å². The fourth-order valence-electron chi connectivity index (χ4n) is 2.55. The maximum absolute atomic E-state index is 12.4. The second-order valence-electron chi connectivity index (χ2n) is 5.66. The Labute approximate surface area is 149 Å². The number of fused-ring (bicyclic) bond motifs is 1. The Bertz CT molecular complexity index is 987. The van der Waals surface area contributed by atoms with E-state index in [1.807, 2.05) is 0 Å². The molecule has 0 saturated heterocycles. The molecule has 3 rings (SSSR count). The third-order valence-electron chi connectivity index (χ3n) is 3.95. The Balaban J connectivity index is 1.95. The van der Waals surface area contributed by atoms with Crippen molar-refractivity contribution in [2.24, 2.45) is 0 Å². The summed E-state index contributed by atoms with van der Waals surface area (Å²) in [4.78, 5) is 23.8. The molecule has 0 unspecified atom stereocenters. The van der Waals surface area contributed by atoms with Gasteiger partial charge in [0.25, 0.3) is 0 Å². The van der Waals surface area contributed by atoms with Crippen LogP contribution in [-0.2, 0) is 9.53 Å². The van der Waals surface area contributed by atoms with Crippen molar-refractivity contribution < 1.29 is 23.4 Å². The number of ether oxygens (including phenoxy) is 3. The molecule has 0 aliphatic rings. The van der Waals surface area contributed by atoms with Crippen molar-refractivity contribution in [2.75, 3.05) is 14.2 Å². The third kappa shape index (κ3) is 3.54. The first-order valence-corrected chi connectivity index (χ1v) is 7.98. The van der Waals surface area contributed by atoms with Gasteiger partial charge in [-0.05, 0) is 42.8 Å². The van der Waals surface area contributed by atoms with E-state index in [4.69, 9.17) is 13.9 Å². The van der Waals surface area contributed by atoms with Crippen LogP contribution in [0.4, 0.5) is 0 Å². The molecule has 3 aromatic rings. The van der Waals surface area contributed by atoms with Crippen molar-refractivity contribution in [1.82, 2.24) is 0 Å². The second-order valence-corrected chi connectivity index (χ2v) is 5.66. The van der Waals surface area contributed by atoms with Crippen LogP contribution in [0.1, 0.15) is 6.92 Å². The first-order chi connectivity index (χ1) is 12.5. The van der Waals surface area contributed by atoms with Gasteiger partial charge in [-0.3, -0.25) is 0 Å². The molecule has 1 heterocycles. The highest BCUT2D eigenvalue weighted by atomic mass is 16.6. The van der Waals surface area contributed by atoms with E-state index in [9.17, 15) is 9.59 Å². The van der Waals surface area contributed by atoms with E-state index in [0.29, 0.717) is 22.6 Å². The highest BCUT2D eigenvalue weighted by Gasteiger charge is 2.15. The molecular weight excluding hydrogens is 336 g/mol. The minimum absolute atomic E-state index is 0.377. The van der Waals surface area contributed by atoms with E-state index in [1.165, 1.54) is 7.11 Å². The lowest BCUT2D eigenvalue weighted by Crippen LogP contribution is -2.24. The molecular formula is C20H18O6. The number of benzene rings is 2. The average molecular weight is 354 g/mol. The molecule has 0 aliphatic heterocycles. The summed E-state index contributed by atoms with van der Waals surface area (Å²) in [6.07, 6.45) is -0.761. The molecule has 0 fully saturated rings. The molecule has 1 atom stereocenters. The molecule has 0 N–H and O–H groups in total. The summed E-state index contributed by atoms with van der Waals surface area (Å²) < 4.78 is 20.7. The average Bonchev–Trinajstić information content (AvgIpc) is 2.66. The van der Waals surface area contributed by atoms with Gasteiger partial charge in [0.1, 0.15) is 17.1 Å². The van der Waals surface area contributed by atoms with Crippen LogP contribution in [0.15, 0.2) is 57.7 Å². The monoisotopic (exact) mass is 354 g/mol. The van der Waals surface area contributed by atoms with Gasteiger partial charge in [0, 0.05) is 11.5 Å². The van der Waals surface area contributed by atoms with Crippen LogP contribution in [-0.4, -0.2) is 26.3 Å². The molecule has 0 spiro atoms. The molecule has 6 heteroatoms. The number of esters is 1. The standard InChI is InChI=1S/C20H18O6/c1-12(19(21)24-3)25-16-9-6-14-10-17(20(22)26-18(14)11-16)13-4-7-15(23-2)8-5-13/h4-12H,1-3H3/t12-/m0/s1. The van der Waals surface area contributed by atoms with E-state index in [-0.39, 0.29) is 0 Å². The summed E-state index contributed by atoms with van der Waals surface area (Å²) in [7, 11) is 2.88. The van der Waals surface area contributed by atoms with Crippen LogP contribution >= 0.6 is 0 Å². The maximum Gasteiger partial charge on any atom is 0.346 e. The largest absolute Gasteiger partial charge is 0.497 e. The van der Waals surface area contributed by atoms with Gasteiger partial charge in [-0.2, -0.15) is 0 Å².